The Morgan fingerprint density at radius 3 is 2.71 bits per heavy atom. The molecule has 0 bridgehead atoms. The average molecular weight is 425 g/mol. The Morgan fingerprint density at radius 1 is 1.16 bits per heavy atom. The minimum Gasteiger partial charge on any atom is -0.493 e. The third kappa shape index (κ3) is 5.35. The van der Waals surface area contributed by atoms with Crippen LogP contribution in [0.5, 0.6) is 17.2 Å². The number of aliphatic hydroxyl groups excluding tert-OH is 1. The number of fused-ring (bicyclic) bond motifs is 1. The van der Waals surface area contributed by atoms with Gasteiger partial charge in [-0.25, -0.2) is 0 Å². The zero-order chi connectivity index (χ0) is 22.4. The Bertz CT molecular complexity index is 1070. The summed E-state index contributed by atoms with van der Waals surface area (Å²) in [5, 5.41) is 12.6. The van der Waals surface area contributed by atoms with Crippen molar-refractivity contribution in [2.75, 3.05) is 32.7 Å². The van der Waals surface area contributed by atoms with Crippen LogP contribution in [0.15, 0.2) is 42.5 Å². The quantitative estimate of drug-likeness (QED) is 0.483. The number of aliphatic hydroxyl groups is 1. The Hall–Kier alpha value is -3.52. The van der Waals surface area contributed by atoms with Crippen molar-refractivity contribution < 1.29 is 24.1 Å². The molecule has 0 aliphatic heterocycles. The fourth-order valence-electron chi connectivity index (χ4n) is 3.19. The van der Waals surface area contributed by atoms with E-state index in [9.17, 15) is 4.79 Å². The van der Waals surface area contributed by atoms with Crippen LogP contribution in [0.25, 0.3) is 10.9 Å². The second-order valence-corrected chi connectivity index (χ2v) is 7.13. The number of carbonyl (C=O) groups excluding carboxylic acids is 1. The van der Waals surface area contributed by atoms with Gasteiger partial charge in [-0.05, 0) is 50.2 Å². The maximum Gasteiger partial charge on any atom is 0.251 e. The number of pyridine rings is 1. The molecule has 0 radical (unpaired) electrons. The van der Waals surface area contributed by atoms with Crippen molar-refractivity contribution in [3.63, 3.8) is 0 Å². The van der Waals surface area contributed by atoms with Crippen molar-refractivity contribution in [2.45, 2.75) is 19.9 Å². The number of nitrogens with one attached hydrogen (secondary N) is 1. The molecule has 0 aliphatic rings. The Kier molecular flexibility index (Phi) is 7.15. The summed E-state index contributed by atoms with van der Waals surface area (Å²) in [5.41, 5.74) is 8.78. The van der Waals surface area contributed by atoms with Crippen molar-refractivity contribution in [1.82, 2.24) is 10.3 Å². The van der Waals surface area contributed by atoms with Gasteiger partial charge >= 0.3 is 0 Å². The van der Waals surface area contributed by atoms with Crippen LogP contribution in [0, 0.1) is 6.92 Å². The number of hydrogen-bond donors (Lipinski definition) is 3. The molecule has 3 rings (SSSR count). The second-order valence-electron chi connectivity index (χ2n) is 7.13. The minimum atomic E-state index is -0.276. The van der Waals surface area contributed by atoms with Crippen molar-refractivity contribution >= 4 is 22.5 Å². The number of nitrogens with two attached hydrogens (primary N) is 1. The van der Waals surface area contributed by atoms with E-state index >= 15 is 0 Å². The van der Waals surface area contributed by atoms with Crippen LogP contribution < -0.4 is 25.3 Å². The topological polar surface area (TPSA) is 116 Å². The molecule has 1 atom stereocenters. The first-order valence-electron chi connectivity index (χ1n) is 9.94. The number of nitrogens with zero attached hydrogens (tertiary/aromatic N) is 1. The van der Waals surface area contributed by atoms with Gasteiger partial charge in [0, 0.05) is 16.9 Å². The largest absolute Gasteiger partial charge is 0.493 e. The van der Waals surface area contributed by atoms with E-state index < -0.39 is 0 Å². The molecule has 8 nitrogen and oxygen atoms in total. The van der Waals surface area contributed by atoms with E-state index in [1.165, 1.54) is 7.11 Å². The number of amides is 1. The molecule has 31 heavy (non-hydrogen) atoms. The summed E-state index contributed by atoms with van der Waals surface area (Å²) >= 11 is 0. The van der Waals surface area contributed by atoms with Gasteiger partial charge in [0.05, 0.1) is 30.7 Å². The Morgan fingerprint density at radius 2 is 1.97 bits per heavy atom. The number of methoxy groups -OCH3 is 1. The van der Waals surface area contributed by atoms with Gasteiger partial charge in [0.15, 0.2) is 11.5 Å². The van der Waals surface area contributed by atoms with Gasteiger partial charge in [-0.15, -0.1) is 0 Å². The molecule has 1 aromatic heterocycles. The summed E-state index contributed by atoms with van der Waals surface area (Å²) in [4.78, 5) is 17.1. The van der Waals surface area contributed by atoms with Gasteiger partial charge in [-0.3, -0.25) is 9.78 Å². The summed E-state index contributed by atoms with van der Waals surface area (Å²) in [5.74, 6) is 1.22. The van der Waals surface area contributed by atoms with E-state index in [4.69, 9.17) is 25.1 Å². The summed E-state index contributed by atoms with van der Waals surface area (Å²) < 4.78 is 16.6. The summed E-state index contributed by atoms with van der Waals surface area (Å²) in [6, 6.07) is 12.0. The van der Waals surface area contributed by atoms with E-state index in [1.54, 1.807) is 24.3 Å². The summed E-state index contributed by atoms with van der Waals surface area (Å²) in [6.07, 6.45) is 0. The molecule has 1 heterocycles. The predicted octanol–water partition coefficient (Wildman–Crippen LogP) is 2.70. The number of hydrogen-bond acceptors (Lipinski definition) is 7. The van der Waals surface area contributed by atoms with Crippen molar-refractivity contribution in [3.8, 4) is 17.2 Å². The summed E-state index contributed by atoms with van der Waals surface area (Å²) in [6.45, 7) is 3.96. The molecule has 1 amide bonds. The predicted molar refractivity (Wildman–Crippen MR) is 119 cm³/mol. The van der Waals surface area contributed by atoms with Crippen LogP contribution in [0.1, 0.15) is 23.0 Å². The fourth-order valence-corrected chi connectivity index (χ4v) is 3.19. The maximum atomic E-state index is 12.7. The van der Waals surface area contributed by atoms with Crippen LogP contribution in [0.2, 0.25) is 0 Å². The molecular weight excluding hydrogens is 398 g/mol. The number of benzene rings is 2. The van der Waals surface area contributed by atoms with Crippen LogP contribution in [0.3, 0.4) is 0 Å². The average Bonchev–Trinajstić information content (AvgIpc) is 2.75. The van der Waals surface area contributed by atoms with E-state index in [0.717, 1.165) is 16.6 Å². The lowest BCUT2D eigenvalue weighted by Gasteiger charge is -2.17. The molecule has 164 valence electrons. The number of carbonyl (C=O) groups is 1. The highest BCUT2D eigenvalue weighted by Gasteiger charge is 2.15. The maximum absolute atomic E-state index is 12.7. The lowest BCUT2D eigenvalue weighted by Crippen LogP contribution is -2.36. The SMILES string of the molecule is COc1ccc(C(=O)NC(C)COc2cccc3nc(C)cc(N)c23)cc1OCCO. The molecule has 4 N–H and O–H groups in total. The van der Waals surface area contributed by atoms with Crippen LogP contribution in [0.4, 0.5) is 5.69 Å². The van der Waals surface area contributed by atoms with Gasteiger partial charge in [0.2, 0.25) is 0 Å². The number of anilines is 1. The first-order valence-corrected chi connectivity index (χ1v) is 9.94. The van der Waals surface area contributed by atoms with Gasteiger partial charge in [0.25, 0.3) is 5.91 Å². The molecule has 0 spiro atoms. The number of nitrogen functional groups attached to an aromatic ring is 1. The Balaban J connectivity index is 1.67. The lowest BCUT2D eigenvalue weighted by molar-refractivity contribution is 0.0926. The van der Waals surface area contributed by atoms with Gasteiger partial charge in [-0.2, -0.15) is 0 Å². The molecule has 1 unspecified atom stereocenters. The number of ether oxygens (including phenoxy) is 3. The lowest BCUT2D eigenvalue weighted by atomic mass is 10.1. The molecular formula is C23H27N3O5. The fraction of sp³-hybridized carbons (Fsp3) is 0.304. The van der Waals surface area contributed by atoms with Gasteiger partial charge in [0.1, 0.15) is 19.0 Å². The van der Waals surface area contributed by atoms with Gasteiger partial charge < -0.3 is 30.4 Å². The highest BCUT2D eigenvalue weighted by Crippen LogP contribution is 2.30. The van der Waals surface area contributed by atoms with E-state index in [-0.39, 0.29) is 31.8 Å². The zero-order valence-electron chi connectivity index (χ0n) is 17.8. The van der Waals surface area contributed by atoms with Crippen LogP contribution in [-0.2, 0) is 0 Å². The molecule has 3 aromatic rings. The molecule has 0 aliphatic carbocycles. The molecule has 0 saturated heterocycles. The highest BCUT2D eigenvalue weighted by molar-refractivity contribution is 5.96. The van der Waals surface area contributed by atoms with E-state index in [0.29, 0.717) is 28.5 Å². The smallest absolute Gasteiger partial charge is 0.251 e. The molecule has 0 fully saturated rings. The summed E-state index contributed by atoms with van der Waals surface area (Å²) in [7, 11) is 1.51. The monoisotopic (exact) mass is 425 g/mol. The number of aromatic nitrogens is 1. The third-order valence-electron chi connectivity index (χ3n) is 4.60. The second kappa shape index (κ2) is 9.99. The normalized spacial score (nSPS) is 11.7. The molecule has 0 saturated carbocycles. The van der Waals surface area contributed by atoms with E-state index in [1.807, 2.05) is 32.0 Å². The first kappa shape index (κ1) is 22.2. The highest BCUT2D eigenvalue weighted by atomic mass is 16.5. The standard InChI is InChI=1S/C23H27N3O5/c1-14-11-17(24)22-18(25-14)5-4-6-20(22)31-13-15(2)26-23(28)16-7-8-19(29-3)21(12-16)30-10-9-27/h4-8,11-12,15,27H,9-10,13H2,1-3H3,(H2,24,25)(H,26,28). The minimum absolute atomic E-state index is 0.105. The van der Waals surface area contributed by atoms with Crippen LogP contribution >= 0.6 is 0 Å². The number of rotatable bonds is 9. The molecule has 8 heteroatoms. The van der Waals surface area contributed by atoms with Crippen molar-refractivity contribution in [3.05, 3.63) is 53.7 Å². The molecule has 2 aromatic carbocycles. The van der Waals surface area contributed by atoms with Crippen molar-refractivity contribution in [1.29, 1.82) is 0 Å². The first-order chi connectivity index (χ1) is 14.9. The zero-order valence-corrected chi connectivity index (χ0v) is 17.8. The van der Waals surface area contributed by atoms with E-state index in [2.05, 4.69) is 10.3 Å². The third-order valence-corrected chi connectivity index (χ3v) is 4.60. The number of aryl methyl sites for hydroxylation is 1. The van der Waals surface area contributed by atoms with Gasteiger partial charge in [-0.1, -0.05) is 6.07 Å². The van der Waals surface area contributed by atoms with Crippen molar-refractivity contribution in [2.24, 2.45) is 0 Å². The van der Waals surface area contributed by atoms with Crippen LogP contribution in [-0.4, -0.2) is 49.0 Å². The Labute approximate surface area is 180 Å².